The van der Waals surface area contributed by atoms with E-state index in [1.807, 2.05) is 38.1 Å². The molecule has 1 saturated carbocycles. The van der Waals surface area contributed by atoms with Gasteiger partial charge in [0.25, 0.3) is 0 Å². The Bertz CT molecular complexity index is 579. The molecule has 0 aromatic heterocycles. The maximum absolute atomic E-state index is 11.9. The van der Waals surface area contributed by atoms with Gasteiger partial charge in [-0.25, -0.2) is 0 Å². The lowest BCUT2D eigenvalue weighted by molar-refractivity contribution is -0.145. The van der Waals surface area contributed by atoms with Gasteiger partial charge in [0.1, 0.15) is 4.49 Å². The zero-order chi connectivity index (χ0) is 15.1. The molecular formula is C15H15BrCl2O2. The Morgan fingerprint density at radius 2 is 2.10 bits per heavy atom. The standard InChI is InChI=1S/C15H15BrCl2O2/c1-14(2)11(7-12(17)18)15(14,13(19)20)8-9-4-3-5-10(16)6-9/h3-7,11H,8H2,1-2H3,(H,19,20). The second kappa shape index (κ2) is 5.36. The molecule has 2 nitrogen and oxygen atoms in total. The van der Waals surface area contributed by atoms with Crippen molar-refractivity contribution in [3.8, 4) is 0 Å². The summed E-state index contributed by atoms with van der Waals surface area (Å²) in [4.78, 5) is 11.9. The van der Waals surface area contributed by atoms with E-state index in [0.29, 0.717) is 6.42 Å². The van der Waals surface area contributed by atoms with E-state index in [1.165, 1.54) is 0 Å². The van der Waals surface area contributed by atoms with Crippen molar-refractivity contribution < 1.29 is 9.90 Å². The van der Waals surface area contributed by atoms with Crippen molar-refractivity contribution in [3.63, 3.8) is 0 Å². The highest BCUT2D eigenvalue weighted by Gasteiger charge is 2.74. The van der Waals surface area contributed by atoms with Gasteiger partial charge >= 0.3 is 5.97 Å². The summed E-state index contributed by atoms with van der Waals surface area (Å²) < 4.78 is 1.07. The van der Waals surface area contributed by atoms with Crippen molar-refractivity contribution in [2.75, 3.05) is 0 Å². The summed E-state index contributed by atoms with van der Waals surface area (Å²) in [5.74, 6) is -0.977. The summed E-state index contributed by atoms with van der Waals surface area (Å²) in [7, 11) is 0. The molecule has 2 rings (SSSR count). The van der Waals surface area contributed by atoms with Crippen LogP contribution in [0.4, 0.5) is 0 Å². The second-order valence-electron chi connectivity index (χ2n) is 5.74. The number of benzene rings is 1. The maximum atomic E-state index is 11.9. The van der Waals surface area contributed by atoms with Crippen molar-refractivity contribution in [1.29, 1.82) is 0 Å². The number of allylic oxidation sites excluding steroid dienone is 1. The molecule has 1 aromatic rings. The first-order valence-corrected chi connectivity index (χ1v) is 7.77. The van der Waals surface area contributed by atoms with Crippen LogP contribution < -0.4 is 0 Å². The second-order valence-corrected chi connectivity index (χ2v) is 7.66. The summed E-state index contributed by atoms with van der Waals surface area (Å²) >= 11 is 14.9. The van der Waals surface area contributed by atoms with E-state index in [1.54, 1.807) is 6.08 Å². The van der Waals surface area contributed by atoms with Crippen LogP contribution in [0.2, 0.25) is 0 Å². The SMILES string of the molecule is CC1(C)C(C=C(Cl)Cl)C1(Cc1cccc(Br)c1)C(=O)O. The Hall–Kier alpha value is -0.510. The lowest BCUT2D eigenvalue weighted by atomic mass is 9.88. The smallest absolute Gasteiger partial charge is 0.311 e. The van der Waals surface area contributed by atoms with E-state index < -0.39 is 11.4 Å². The number of carboxylic acids is 1. The minimum Gasteiger partial charge on any atom is -0.481 e. The molecule has 2 unspecified atom stereocenters. The van der Waals surface area contributed by atoms with E-state index >= 15 is 0 Å². The number of carbonyl (C=O) groups is 1. The third-order valence-corrected chi connectivity index (χ3v) is 5.17. The highest BCUT2D eigenvalue weighted by molar-refractivity contribution is 9.10. The molecule has 0 bridgehead atoms. The third-order valence-electron chi connectivity index (χ3n) is 4.42. The van der Waals surface area contributed by atoms with E-state index in [-0.39, 0.29) is 15.8 Å². The predicted octanol–water partition coefficient (Wildman–Crippen LogP) is 5.04. The summed E-state index contributed by atoms with van der Waals surface area (Å²) in [5, 5.41) is 9.73. The molecule has 1 aliphatic rings. The highest BCUT2D eigenvalue weighted by Crippen LogP contribution is 2.71. The molecule has 1 N–H and O–H groups in total. The average Bonchev–Trinajstić information content (AvgIpc) is 2.76. The van der Waals surface area contributed by atoms with Crippen LogP contribution in [0.25, 0.3) is 0 Å². The van der Waals surface area contributed by atoms with Gasteiger partial charge in [-0.15, -0.1) is 0 Å². The summed E-state index contributed by atoms with van der Waals surface area (Å²) in [6.45, 7) is 3.88. The van der Waals surface area contributed by atoms with E-state index in [9.17, 15) is 9.90 Å². The molecular weight excluding hydrogens is 363 g/mol. The molecule has 0 saturated heterocycles. The molecule has 0 amide bonds. The van der Waals surface area contributed by atoms with Crippen LogP contribution in [-0.4, -0.2) is 11.1 Å². The summed E-state index contributed by atoms with van der Waals surface area (Å²) in [6.07, 6.45) is 2.10. The molecule has 5 heteroatoms. The molecule has 1 aromatic carbocycles. The molecule has 108 valence electrons. The number of halogens is 3. The van der Waals surface area contributed by atoms with Crippen LogP contribution in [0.15, 0.2) is 39.3 Å². The zero-order valence-corrected chi connectivity index (χ0v) is 14.3. The van der Waals surface area contributed by atoms with Crippen molar-refractivity contribution in [2.24, 2.45) is 16.7 Å². The quantitative estimate of drug-likeness (QED) is 0.798. The molecule has 1 aliphatic carbocycles. The van der Waals surface area contributed by atoms with Crippen molar-refractivity contribution >= 4 is 45.1 Å². The van der Waals surface area contributed by atoms with Gasteiger partial charge in [-0.1, -0.05) is 65.1 Å². The minimum atomic E-state index is -0.858. The first kappa shape index (κ1) is 15.9. The predicted molar refractivity (Wildman–Crippen MR) is 85.0 cm³/mol. The summed E-state index contributed by atoms with van der Waals surface area (Å²) in [5.41, 5.74) is -0.254. The zero-order valence-electron chi connectivity index (χ0n) is 11.2. The van der Waals surface area contributed by atoms with Crippen molar-refractivity contribution in [1.82, 2.24) is 0 Å². The first-order chi connectivity index (χ1) is 9.21. The molecule has 1 fully saturated rings. The Kier molecular flexibility index (Phi) is 4.25. The molecule has 0 heterocycles. The monoisotopic (exact) mass is 376 g/mol. The van der Waals surface area contributed by atoms with Crippen LogP contribution in [0.5, 0.6) is 0 Å². The van der Waals surface area contributed by atoms with E-state index in [2.05, 4.69) is 15.9 Å². The number of hydrogen-bond acceptors (Lipinski definition) is 1. The number of hydrogen-bond donors (Lipinski definition) is 1. The van der Waals surface area contributed by atoms with Crippen LogP contribution in [0.3, 0.4) is 0 Å². The fourth-order valence-corrected chi connectivity index (χ4v) is 3.86. The average molecular weight is 378 g/mol. The Labute approximate surface area is 136 Å². The molecule has 20 heavy (non-hydrogen) atoms. The Morgan fingerprint density at radius 1 is 1.45 bits per heavy atom. The molecule has 0 radical (unpaired) electrons. The van der Waals surface area contributed by atoms with Gasteiger partial charge in [-0.05, 0) is 35.6 Å². The minimum absolute atomic E-state index is 0.125. The maximum Gasteiger partial charge on any atom is 0.311 e. The lowest BCUT2D eigenvalue weighted by Crippen LogP contribution is -2.24. The summed E-state index contributed by atoms with van der Waals surface area (Å²) in [6, 6.07) is 7.71. The van der Waals surface area contributed by atoms with Gasteiger partial charge in [-0.3, -0.25) is 4.79 Å². The number of aliphatic carboxylic acids is 1. The van der Waals surface area contributed by atoms with Crippen LogP contribution in [0, 0.1) is 16.7 Å². The fraction of sp³-hybridized carbons (Fsp3) is 0.400. The number of rotatable bonds is 4. The molecule has 0 aliphatic heterocycles. The Balaban J connectivity index is 2.38. The lowest BCUT2D eigenvalue weighted by Gasteiger charge is -2.15. The Morgan fingerprint density at radius 3 is 2.60 bits per heavy atom. The third kappa shape index (κ3) is 2.51. The van der Waals surface area contributed by atoms with E-state index in [0.717, 1.165) is 10.0 Å². The van der Waals surface area contributed by atoms with Gasteiger partial charge in [0.2, 0.25) is 0 Å². The highest BCUT2D eigenvalue weighted by atomic mass is 79.9. The first-order valence-electron chi connectivity index (χ1n) is 6.22. The van der Waals surface area contributed by atoms with Gasteiger partial charge < -0.3 is 5.11 Å². The van der Waals surface area contributed by atoms with Gasteiger partial charge in [0, 0.05) is 10.4 Å². The molecule has 2 atom stereocenters. The molecule has 0 spiro atoms. The van der Waals surface area contributed by atoms with E-state index in [4.69, 9.17) is 23.2 Å². The fourth-order valence-electron chi connectivity index (χ4n) is 3.16. The van der Waals surface area contributed by atoms with Crippen LogP contribution in [0.1, 0.15) is 19.4 Å². The largest absolute Gasteiger partial charge is 0.481 e. The van der Waals surface area contributed by atoms with Crippen molar-refractivity contribution in [3.05, 3.63) is 44.9 Å². The van der Waals surface area contributed by atoms with Gasteiger partial charge in [-0.2, -0.15) is 0 Å². The topological polar surface area (TPSA) is 37.3 Å². The van der Waals surface area contributed by atoms with Crippen LogP contribution >= 0.6 is 39.1 Å². The number of carboxylic acid groups (broad SMARTS) is 1. The van der Waals surface area contributed by atoms with Gasteiger partial charge in [0.15, 0.2) is 0 Å². The van der Waals surface area contributed by atoms with Crippen molar-refractivity contribution in [2.45, 2.75) is 20.3 Å². The van der Waals surface area contributed by atoms with Gasteiger partial charge in [0.05, 0.1) is 5.41 Å². The normalized spacial score (nSPS) is 26.9. The van der Waals surface area contributed by atoms with Crippen LogP contribution in [-0.2, 0) is 11.2 Å².